The van der Waals surface area contributed by atoms with E-state index >= 15 is 0 Å². The van der Waals surface area contributed by atoms with E-state index in [-0.39, 0.29) is 0 Å². The summed E-state index contributed by atoms with van der Waals surface area (Å²) in [6, 6.07) is 0. The van der Waals surface area contributed by atoms with Crippen LogP contribution in [0.5, 0.6) is 0 Å². The average molecular weight is 118 g/mol. The van der Waals surface area contributed by atoms with E-state index in [1.807, 2.05) is 0 Å². The lowest BCUT2D eigenvalue weighted by molar-refractivity contribution is -0.104. The standard InChI is InChI=1S/C8H6O/c1-7-3-2-4-8(5-7)6-9/h1-6H. The molecule has 0 saturated carbocycles. The maximum absolute atomic E-state index is 10.1. The quantitative estimate of drug-likeness (QED) is 0.374. The molecule has 44 valence electrons. The Morgan fingerprint density at radius 1 is 1.67 bits per heavy atom. The third-order valence-corrected chi connectivity index (χ3v) is 1.05. The van der Waals surface area contributed by atoms with Gasteiger partial charge in [0.15, 0.2) is 0 Å². The number of allylic oxidation sites excluding steroid dienone is 5. The molecule has 0 aromatic heterocycles. The molecule has 1 aliphatic rings. The van der Waals surface area contributed by atoms with Crippen molar-refractivity contribution in [3.05, 3.63) is 42.4 Å². The van der Waals surface area contributed by atoms with E-state index in [0.717, 1.165) is 6.29 Å². The number of carbonyl (C=O) groups excluding carboxylic acids is 1. The van der Waals surface area contributed by atoms with Gasteiger partial charge in [-0.15, -0.1) is 0 Å². The summed E-state index contributed by atoms with van der Waals surface area (Å²) in [7, 11) is 0. The molecule has 1 aliphatic carbocycles. The summed E-state index contributed by atoms with van der Waals surface area (Å²) >= 11 is 0. The molecule has 0 N–H and O–H groups in total. The van der Waals surface area contributed by atoms with Crippen molar-refractivity contribution in [3.8, 4) is 0 Å². The first kappa shape index (κ1) is 5.80. The fourth-order valence-corrected chi connectivity index (χ4v) is 0.632. The van der Waals surface area contributed by atoms with E-state index in [1.54, 1.807) is 24.6 Å². The van der Waals surface area contributed by atoms with Gasteiger partial charge in [-0.25, -0.2) is 0 Å². The van der Waals surface area contributed by atoms with Gasteiger partial charge in [0.2, 0.25) is 0 Å². The van der Waals surface area contributed by atoms with Crippen LogP contribution in [0.3, 0.4) is 0 Å². The number of rotatable bonds is 1. The molecule has 0 bridgehead atoms. The fourth-order valence-electron chi connectivity index (χ4n) is 0.632. The third kappa shape index (κ3) is 1.28. The second kappa shape index (κ2) is 2.29. The monoisotopic (exact) mass is 118 g/mol. The molecule has 9 heavy (non-hydrogen) atoms. The number of aldehydes is 1. The van der Waals surface area contributed by atoms with Crippen molar-refractivity contribution in [3.63, 3.8) is 0 Å². The summed E-state index contributed by atoms with van der Waals surface area (Å²) in [6.07, 6.45) is 7.61. The molecule has 0 aliphatic heterocycles. The summed E-state index contributed by atoms with van der Waals surface area (Å²) < 4.78 is 0. The smallest absolute Gasteiger partial charge is 0.150 e. The molecular weight excluding hydrogens is 112 g/mol. The van der Waals surface area contributed by atoms with Gasteiger partial charge >= 0.3 is 0 Å². The molecule has 1 heteroatoms. The van der Waals surface area contributed by atoms with Crippen molar-refractivity contribution in [2.45, 2.75) is 0 Å². The van der Waals surface area contributed by atoms with Gasteiger partial charge in [-0.05, 0) is 12.5 Å². The van der Waals surface area contributed by atoms with Crippen molar-refractivity contribution in [1.82, 2.24) is 0 Å². The lowest BCUT2D eigenvalue weighted by Crippen LogP contribution is -1.87. The Bertz CT molecular complexity index is 197. The zero-order valence-electron chi connectivity index (χ0n) is 4.87. The first-order valence-electron chi connectivity index (χ1n) is 2.63. The minimum Gasteiger partial charge on any atom is -0.298 e. The summed E-state index contributed by atoms with van der Waals surface area (Å²) in [5, 5.41) is 0. The largest absolute Gasteiger partial charge is 0.298 e. The molecule has 1 rings (SSSR count). The molecule has 0 amide bonds. The van der Waals surface area contributed by atoms with Crippen LogP contribution in [-0.4, -0.2) is 6.29 Å². The van der Waals surface area contributed by atoms with E-state index in [2.05, 4.69) is 0 Å². The van der Waals surface area contributed by atoms with Crippen molar-refractivity contribution < 1.29 is 4.79 Å². The molecule has 0 heterocycles. The highest BCUT2D eigenvalue weighted by atomic mass is 16.1. The maximum atomic E-state index is 10.1. The van der Waals surface area contributed by atoms with Crippen molar-refractivity contribution in [2.75, 3.05) is 0 Å². The van der Waals surface area contributed by atoms with Crippen molar-refractivity contribution in [1.29, 1.82) is 0 Å². The predicted octanol–water partition coefficient (Wildman–Crippen LogP) is 1.25. The molecule has 1 nitrogen and oxygen atoms in total. The van der Waals surface area contributed by atoms with Crippen LogP contribution in [0.15, 0.2) is 29.4 Å². The van der Waals surface area contributed by atoms with Gasteiger partial charge in [-0.3, -0.25) is 4.79 Å². The molecule has 0 radical (unpaired) electrons. The fraction of sp³-hybridized carbons (Fsp3) is 0. The first-order valence-corrected chi connectivity index (χ1v) is 2.63. The van der Waals surface area contributed by atoms with Crippen LogP contribution < -0.4 is 0 Å². The van der Waals surface area contributed by atoms with Gasteiger partial charge < -0.3 is 0 Å². The number of hydrogen-bond donors (Lipinski definition) is 0. The number of hydrogen-bond acceptors (Lipinski definition) is 1. The van der Waals surface area contributed by atoms with E-state index < -0.39 is 0 Å². The van der Waals surface area contributed by atoms with Crippen LogP contribution >= 0.6 is 0 Å². The topological polar surface area (TPSA) is 17.1 Å². The Balaban J connectivity index is 2.82. The Morgan fingerprint density at radius 2 is 2.44 bits per heavy atom. The van der Waals surface area contributed by atoms with E-state index in [1.165, 1.54) is 0 Å². The lowest BCUT2D eigenvalue weighted by Gasteiger charge is -1.99. The minimum atomic E-state index is 0.620. The Labute approximate surface area is 54.4 Å². The predicted molar refractivity (Wildman–Crippen MR) is 35.4 cm³/mol. The zero-order chi connectivity index (χ0) is 6.69. The molecule has 0 atom stereocenters. The van der Waals surface area contributed by atoms with Crippen LogP contribution in [0.1, 0.15) is 0 Å². The SMILES string of the molecule is [CH+]=C1C=C(C=O)C=C[CH-]1. The highest BCUT2D eigenvalue weighted by Gasteiger charge is 1.96. The van der Waals surface area contributed by atoms with Gasteiger partial charge in [-0.2, -0.15) is 6.58 Å². The maximum Gasteiger partial charge on any atom is 0.150 e. The third-order valence-electron chi connectivity index (χ3n) is 1.05. The van der Waals surface area contributed by atoms with Gasteiger partial charge in [0.05, 0.1) is 0 Å². The highest BCUT2D eigenvalue weighted by Crippen LogP contribution is 2.10. The Kier molecular flexibility index (Phi) is 1.48. The van der Waals surface area contributed by atoms with Gasteiger partial charge in [0, 0.05) is 11.1 Å². The van der Waals surface area contributed by atoms with Crippen molar-refractivity contribution >= 4 is 6.29 Å². The molecule has 0 spiro atoms. The first-order chi connectivity index (χ1) is 4.33. The Morgan fingerprint density at radius 3 is 2.89 bits per heavy atom. The van der Waals surface area contributed by atoms with Gasteiger partial charge in [0.1, 0.15) is 6.29 Å². The van der Waals surface area contributed by atoms with E-state index in [0.29, 0.717) is 11.1 Å². The van der Waals surface area contributed by atoms with Crippen LogP contribution in [0, 0.1) is 13.0 Å². The number of carbonyl (C=O) groups is 1. The molecular formula is C8H6O. The van der Waals surface area contributed by atoms with Gasteiger partial charge in [-0.1, -0.05) is 12.2 Å². The molecule has 0 aromatic rings. The van der Waals surface area contributed by atoms with E-state index in [9.17, 15) is 4.79 Å². The van der Waals surface area contributed by atoms with Gasteiger partial charge in [0.25, 0.3) is 0 Å². The molecule has 0 aromatic carbocycles. The normalized spacial score (nSPS) is 16.3. The summed E-state index contributed by atoms with van der Waals surface area (Å²) in [4.78, 5) is 10.1. The molecule has 0 saturated heterocycles. The highest BCUT2D eigenvalue weighted by molar-refractivity contribution is 5.79. The van der Waals surface area contributed by atoms with Crippen molar-refractivity contribution in [2.24, 2.45) is 0 Å². The van der Waals surface area contributed by atoms with Crippen LogP contribution in [0.4, 0.5) is 0 Å². The summed E-state index contributed by atoms with van der Waals surface area (Å²) in [5.41, 5.74) is 1.25. The second-order valence-corrected chi connectivity index (χ2v) is 1.79. The van der Waals surface area contributed by atoms with Crippen LogP contribution in [-0.2, 0) is 4.79 Å². The molecule has 0 unspecified atom stereocenters. The Hall–Kier alpha value is -1.33. The minimum absolute atomic E-state index is 0.620. The average Bonchev–Trinajstić information content (AvgIpc) is 1.88. The van der Waals surface area contributed by atoms with Crippen LogP contribution in [0.25, 0.3) is 0 Å². The molecule has 0 fully saturated rings. The second-order valence-electron chi connectivity index (χ2n) is 1.79. The summed E-state index contributed by atoms with van der Waals surface area (Å²) in [6.45, 7) is 5.38. The summed E-state index contributed by atoms with van der Waals surface area (Å²) in [5.74, 6) is 0. The zero-order valence-corrected chi connectivity index (χ0v) is 4.87. The van der Waals surface area contributed by atoms with E-state index in [4.69, 9.17) is 6.58 Å². The lowest BCUT2D eigenvalue weighted by atomic mass is 10.0. The van der Waals surface area contributed by atoms with Crippen LogP contribution in [0.2, 0.25) is 0 Å².